The molecule has 0 bridgehead atoms. The van der Waals surface area contributed by atoms with Gasteiger partial charge in [0.1, 0.15) is 12.4 Å². The van der Waals surface area contributed by atoms with E-state index in [1.54, 1.807) is 7.11 Å². The zero-order chi connectivity index (χ0) is 15.5. The van der Waals surface area contributed by atoms with Crippen LogP contribution < -0.4 is 15.4 Å². The van der Waals surface area contributed by atoms with Crippen molar-refractivity contribution in [3.8, 4) is 5.75 Å². The summed E-state index contributed by atoms with van der Waals surface area (Å²) in [6.07, 6.45) is 0. The molecule has 0 saturated heterocycles. The predicted octanol–water partition coefficient (Wildman–Crippen LogP) is 1.65. The number of anilines is 1. The molecule has 134 valence electrons. The van der Waals surface area contributed by atoms with Gasteiger partial charge < -0.3 is 25.0 Å². The van der Waals surface area contributed by atoms with E-state index in [2.05, 4.69) is 15.5 Å². The number of ether oxygens (including phenoxy) is 2. The van der Waals surface area contributed by atoms with Crippen molar-refractivity contribution in [3.05, 3.63) is 24.3 Å². The van der Waals surface area contributed by atoms with Gasteiger partial charge in [0.05, 0.1) is 13.2 Å². The number of benzene rings is 1. The summed E-state index contributed by atoms with van der Waals surface area (Å²) in [5.74, 6) is 0.723. The van der Waals surface area contributed by atoms with Gasteiger partial charge in [-0.2, -0.15) is 0 Å². The fourth-order valence-electron chi connectivity index (χ4n) is 1.56. The zero-order valence-electron chi connectivity index (χ0n) is 13.8. The summed E-state index contributed by atoms with van der Waals surface area (Å²) in [6, 6.07) is 7.36. The summed E-state index contributed by atoms with van der Waals surface area (Å²) in [6.45, 7) is 3.02. The average molecular weight is 368 g/mol. The SMILES string of the molecule is COCCNCC(=O)Nc1ccc(OCCN(C)C)cc1.Cl.Cl. The Kier molecular flexibility index (Phi) is 15.3. The number of carbonyl (C=O) groups is 1. The third-order valence-corrected chi connectivity index (χ3v) is 2.71. The zero-order valence-corrected chi connectivity index (χ0v) is 15.5. The molecule has 23 heavy (non-hydrogen) atoms. The molecule has 1 aromatic carbocycles. The molecule has 0 spiro atoms. The van der Waals surface area contributed by atoms with E-state index in [9.17, 15) is 4.79 Å². The first kappa shape index (κ1) is 24.2. The molecule has 1 aromatic rings. The number of methoxy groups -OCH3 is 1. The van der Waals surface area contributed by atoms with Crippen molar-refractivity contribution < 1.29 is 14.3 Å². The van der Waals surface area contributed by atoms with Gasteiger partial charge in [0.2, 0.25) is 5.91 Å². The van der Waals surface area contributed by atoms with E-state index >= 15 is 0 Å². The Bertz CT molecular complexity index is 417. The van der Waals surface area contributed by atoms with Crippen LogP contribution in [0.25, 0.3) is 0 Å². The quantitative estimate of drug-likeness (QED) is 0.615. The van der Waals surface area contributed by atoms with Crippen molar-refractivity contribution in [3.63, 3.8) is 0 Å². The van der Waals surface area contributed by atoms with Crippen molar-refractivity contribution in [2.75, 3.05) is 59.4 Å². The predicted molar refractivity (Wildman–Crippen MR) is 98.4 cm³/mol. The largest absolute Gasteiger partial charge is 0.492 e. The molecule has 0 aliphatic carbocycles. The van der Waals surface area contributed by atoms with Crippen molar-refractivity contribution in [1.29, 1.82) is 0 Å². The summed E-state index contributed by atoms with van der Waals surface area (Å²) >= 11 is 0. The second kappa shape index (κ2) is 14.5. The minimum atomic E-state index is -0.0765. The number of carbonyl (C=O) groups excluding carboxylic acids is 1. The lowest BCUT2D eigenvalue weighted by Gasteiger charge is -2.11. The van der Waals surface area contributed by atoms with Crippen molar-refractivity contribution in [2.45, 2.75) is 0 Å². The first-order chi connectivity index (χ1) is 10.1. The van der Waals surface area contributed by atoms with Gasteiger partial charge in [0, 0.05) is 25.9 Å². The van der Waals surface area contributed by atoms with Gasteiger partial charge in [-0.1, -0.05) is 0 Å². The van der Waals surface area contributed by atoms with Crippen LogP contribution in [-0.2, 0) is 9.53 Å². The standard InChI is InChI=1S/C15H25N3O3.2ClH/c1-18(2)9-11-21-14-6-4-13(5-7-14)17-15(19)12-16-8-10-20-3;;/h4-7,16H,8-12H2,1-3H3,(H,17,19);2*1H. The highest BCUT2D eigenvalue weighted by atomic mass is 35.5. The fraction of sp³-hybridized carbons (Fsp3) is 0.533. The molecule has 0 aliphatic rings. The van der Waals surface area contributed by atoms with Crippen LogP contribution in [0.3, 0.4) is 0 Å². The topological polar surface area (TPSA) is 62.8 Å². The lowest BCUT2D eigenvalue weighted by Crippen LogP contribution is -2.30. The number of rotatable bonds is 10. The highest BCUT2D eigenvalue weighted by Gasteiger charge is 2.02. The van der Waals surface area contributed by atoms with E-state index in [-0.39, 0.29) is 37.3 Å². The monoisotopic (exact) mass is 367 g/mol. The molecular weight excluding hydrogens is 341 g/mol. The van der Waals surface area contributed by atoms with Gasteiger partial charge in [-0.25, -0.2) is 0 Å². The van der Waals surface area contributed by atoms with Crippen LogP contribution in [-0.4, -0.2) is 64.9 Å². The lowest BCUT2D eigenvalue weighted by atomic mass is 10.3. The Balaban J connectivity index is 0. The summed E-state index contributed by atoms with van der Waals surface area (Å²) in [5, 5.41) is 5.80. The number of likely N-dealkylation sites (N-methyl/N-ethyl adjacent to an activating group) is 1. The number of amides is 1. The van der Waals surface area contributed by atoms with Gasteiger partial charge in [0.15, 0.2) is 0 Å². The number of nitrogens with zero attached hydrogens (tertiary/aromatic N) is 1. The van der Waals surface area contributed by atoms with Crippen molar-refractivity contribution in [1.82, 2.24) is 10.2 Å². The molecule has 0 aromatic heterocycles. The van der Waals surface area contributed by atoms with Crippen molar-refractivity contribution in [2.24, 2.45) is 0 Å². The first-order valence-corrected chi connectivity index (χ1v) is 6.99. The maximum atomic E-state index is 11.7. The van der Waals surface area contributed by atoms with E-state index in [4.69, 9.17) is 9.47 Å². The van der Waals surface area contributed by atoms with Gasteiger partial charge in [-0.05, 0) is 38.4 Å². The average Bonchev–Trinajstić information content (AvgIpc) is 2.45. The summed E-state index contributed by atoms with van der Waals surface area (Å²) in [7, 11) is 5.63. The number of nitrogens with one attached hydrogen (secondary N) is 2. The molecular formula is C15H27Cl2N3O3. The molecule has 1 rings (SSSR count). The molecule has 0 unspecified atom stereocenters. The fourth-order valence-corrected chi connectivity index (χ4v) is 1.56. The van der Waals surface area contributed by atoms with E-state index in [0.29, 0.717) is 19.8 Å². The Hall–Kier alpha value is -1.05. The Labute approximate surface area is 150 Å². The van der Waals surface area contributed by atoms with Crippen LogP contribution >= 0.6 is 24.8 Å². The minimum absolute atomic E-state index is 0. The third kappa shape index (κ3) is 12.1. The molecule has 0 aliphatic heterocycles. The Morgan fingerprint density at radius 3 is 2.35 bits per heavy atom. The van der Waals surface area contributed by atoms with Gasteiger partial charge in [-0.3, -0.25) is 4.79 Å². The minimum Gasteiger partial charge on any atom is -0.492 e. The molecule has 0 saturated carbocycles. The summed E-state index contributed by atoms with van der Waals surface area (Å²) in [5.41, 5.74) is 0.758. The highest BCUT2D eigenvalue weighted by Crippen LogP contribution is 2.15. The smallest absolute Gasteiger partial charge is 0.238 e. The molecule has 0 atom stereocenters. The molecule has 8 heteroatoms. The molecule has 1 amide bonds. The molecule has 0 radical (unpaired) electrons. The molecule has 0 heterocycles. The second-order valence-electron chi connectivity index (χ2n) is 4.89. The van der Waals surface area contributed by atoms with Crippen LogP contribution in [0.4, 0.5) is 5.69 Å². The van der Waals surface area contributed by atoms with E-state index < -0.39 is 0 Å². The number of hydrogen-bond acceptors (Lipinski definition) is 5. The van der Waals surface area contributed by atoms with Gasteiger partial charge >= 0.3 is 0 Å². The second-order valence-corrected chi connectivity index (χ2v) is 4.89. The number of halogens is 2. The normalized spacial score (nSPS) is 9.74. The maximum Gasteiger partial charge on any atom is 0.238 e. The maximum absolute atomic E-state index is 11.7. The van der Waals surface area contributed by atoms with Crippen LogP contribution in [0.5, 0.6) is 5.75 Å². The third-order valence-electron chi connectivity index (χ3n) is 2.71. The number of hydrogen-bond donors (Lipinski definition) is 2. The van der Waals surface area contributed by atoms with Gasteiger partial charge in [0.25, 0.3) is 0 Å². The van der Waals surface area contributed by atoms with Crippen LogP contribution in [0, 0.1) is 0 Å². The van der Waals surface area contributed by atoms with Crippen LogP contribution in [0.15, 0.2) is 24.3 Å². The molecule has 6 nitrogen and oxygen atoms in total. The summed E-state index contributed by atoms with van der Waals surface area (Å²) < 4.78 is 10.5. The highest BCUT2D eigenvalue weighted by molar-refractivity contribution is 5.92. The van der Waals surface area contributed by atoms with Crippen molar-refractivity contribution >= 4 is 36.4 Å². The van der Waals surface area contributed by atoms with Crippen LogP contribution in [0.2, 0.25) is 0 Å². The van der Waals surface area contributed by atoms with E-state index in [1.165, 1.54) is 0 Å². The van der Waals surface area contributed by atoms with E-state index in [0.717, 1.165) is 18.0 Å². The van der Waals surface area contributed by atoms with Crippen LogP contribution in [0.1, 0.15) is 0 Å². The van der Waals surface area contributed by atoms with E-state index in [1.807, 2.05) is 38.4 Å². The summed E-state index contributed by atoms with van der Waals surface area (Å²) in [4.78, 5) is 13.7. The van der Waals surface area contributed by atoms with Gasteiger partial charge in [-0.15, -0.1) is 24.8 Å². The molecule has 0 fully saturated rings. The Morgan fingerprint density at radius 1 is 1.13 bits per heavy atom. The lowest BCUT2D eigenvalue weighted by molar-refractivity contribution is -0.115. The molecule has 2 N–H and O–H groups in total. The first-order valence-electron chi connectivity index (χ1n) is 6.99. The Morgan fingerprint density at radius 2 is 1.78 bits per heavy atom.